The molecule has 0 aliphatic carbocycles. The molecule has 1 aliphatic rings. The van der Waals surface area contributed by atoms with E-state index < -0.39 is 36.0 Å². The Morgan fingerprint density at radius 3 is 2.06 bits per heavy atom. The van der Waals surface area contributed by atoms with Crippen molar-refractivity contribution in [2.45, 2.75) is 78.1 Å². The van der Waals surface area contributed by atoms with E-state index >= 15 is 0 Å². The van der Waals surface area contributed by atoms with Gasteiger partial charge >= 0.3 is 19.2 Å². The normalized spacial score (nSPS) is 17.5. The Labute approximate surface area is 195 Å². The molecule has 0 unspecified atom stereocenters. The number of hydrogen-bond acceptors (Lipinski definition) is 6. The molecule has 8 nitrogen and oxygen atoms in total. The third kappa shape index (κ3) is 7.72. The number of Topliss-reactive ketones (excluding diaryl/α,β-unsaturated/α-hetero) is 1. The van der Waals surface area contributed by atoms with Crippen molar-refractivity contribution in [2.24, 2.45) is 0 Å². The van der Waals surface area contributed by atoms with Crippen LogP contribution in [0.3, 0.4) is 0 Å². The molecule has 0 spiro atoms. The van der Waals surface area contributed by atoms with Gasteiger partial charge in [0, 0.05) is 18.5 Å². The van der Waals surface area contributed by atoms with Crippen LogP contribution in [0.2, 0.25) is 0 Å². The van der Waals surface area contributed by atoms with Gasteiger partial charge in [0.15, 0.2) is 5.78 Å². The van der Waals surface area contributed by atoms with Crippen LogP contribution in [0, 0.1) is 0 Å². The van der Waals surface area contributed by atoms with Crippen LogP contribution in [0.5, 0.6) is 0 Å². The lowest BCUT2D eigenvalue weighted by molar-refractivity contribution is -0.136. The Balaban J connectivity index is 2.23. The molecule has 0 radical (unpaired) electrons. The molecule has 1 saturated heterocycles. The molecule has 1 aliphatic heterocycles. The number of amides is 1. The molecular weight excluding hydrogens is 425 g/mol. The summed E-state index contributed by atoms with van der Waals surface area (Å²) in [4.78, 5) is 35.0. The Morgan fingerprint density at radius 1 is 1.03 bits per heavy atom. The number of aliphatic carboxylic acids is 1. The minimum absolute atomic E-state index is 0.0521. The molecule has 33 heavy (non-hydrogen) atoms. The smallest absolute Gasteiger partial charge is 0.481 e. The van der Waals surface area contributed by atoms with E-state index in [1.165, 1.54) is 0 Å². The fraction of sp³-hybridized carbons (Fsp3) is 0.542. The maximum Gasteiger partial charge on any atom is 0.492 e. The molecule has 1 fully saturated rings. The number of ketones is 1. The summed E-state index contributed by atoms with van der Waals surface area (Å²) in [5.41, 5.74) is 0.176. The zero-order chi connectivity index (χ0) is 25.0. The van der Waals surface area contributed by atoms with Crippen LogP contribution in [-0.4, -0.2) is 53.4 Å². The number of carbonyl (C=O) groups is 3. The SMILES string of the molecule is CC(C)(C)OC(=O)NCC(=Cc1ccc(C(=O)CCC(=O)O)cc1)B1OC(C)(C)C(C)(C)O1. The average Bonchev–Trinajstić information content (AvgIpc) is 2.89. The van der Waals surface area contributed by atoms with Gasteiger partial charge in [-0.2, -0.15) is 0 Å². The van der Waals surface area contributed by atoms with Crippen molar-refractivity contribution in [1.82, 2.24) is 5.32 Å². The zero-order valence-electron chi connectivity index (χ0n) is 20.5. The lowest BCUT2D eigenvalue weighted by atomic mass is 9.77. The van der Waals surface area contributed by atoms with Gasteiger partial charge in [0.25, 0.3) is 0 Å². The first-order chi connectivity index (χ1) is 15.1. The first kappa shape index (κ1) is 26.6. The number of carbonyl (C=O) groups excluding carboxylic acids is 2. The van der Waals surface area contributed by atoms with E-state index in [1.54, 1.807) is 45.0 Å². The van der Waals surface area contributed by atoms with E-state index in [-0.39, 0.29) is 25.2 Å². The number of carboxylic acids is 1. The van der Waals surface area contributed by atoms with Crippen LogP contribution < -0.4 is 5.32 Å². The molecular formula is C24H34BNO7. The molecule has 2 rings (SSSR count). The van der Waals surface area contributed by atoms with E-state index in [0.717, 1.165) is 5.56 Å². The first-order valence-corrected chi connectivity index (χ1v) is 11.0. The lowest BCUT2D eigenvalue weighted by Gasteiger charge is -2.32. The Kier molecular flexibility index (Phi) is 8.14. The van der Waals surface area contributed by atoms with Gasteiger partial charge in [-0.3, -0.25) is 9.59 Å². The summed E-state index contributed by atoms with van der Waals surface area (Å²) in [6.07, 6.45) is 1.03. The van der Waals surface area contributed by atoms with Gasteiger partial charge in [0.2, 0.25) is 0 Å². The van der Waals surface area contributed by atoms with Gasteiger partial charge in [-0.05, 0) is 59.5 Å². The molecule has 1 aromatic rings. The van der Waals surface area contributed by atoms with Gasteiger partial charge < -0.3 is 24.5 Å². The zero-order valence-corrected chi connectivity index (χ0v) is 20.5. The second-order valence-corrected chi connectivity index (χ2v) is 10.1. The highest BCUT2D eigenvalue weighted by Crippen LogP contribution is 2.38. The highest BCUT2D eigenvalue weighted by molar-refractivity contribution is 6.56. The van der Waals surface area contributed by atoms with E-state index in [9.17, 15) is 14.4 Å². The molecule has 180 valence electrons. The highest BCUT2D eigenvalue weighted by atomic mass is 16.7. The molecule has 0 bridgehead atoms. The minimum Gasteiger partial charge on any atom is -0.481 e. The Morgan fingerprint density at radius 2 is 1.58 bits per heavy atom. The van der Waals surface area contributed by atoms with Gasteiger partial charge in [0.1, 0.15) is 5.60 Å². The van der Waals surface area contributed by atoms with Crippen molar-refractivity contribution in [3.05, 3.63) is 40.9 Å². The molecule has 0 aromatic heterocycles. The van der Waals surface area contributed by atoms with E-state index in [1.807, 2.05) is 33.8 Å². The third-order valence-corrected chi connectivity index (χ3v) is 5.54. The lowest BCUT2D eigenvalue weighted by Crippen LogP contribution is -2.41. The average molecular weight is 459 g/mol. The van der Waals surface area contributed by atoms with Crippen molar-refractivity contribution in [3.8, 4) is 0 Å². The maximum atomic E-state index is 12.2. The maximum absolute atomic E-state index is 12.2. The summed E-state index contributed by atoms with van der Waals surface area (Å²) < 4.78 is 17.6. The van der Waals surface area contributed by atoms with Crippen molar-refractivity contribution in [3.63, 3.8) is 0 Å². The van der Waals surface area contributed by atoms with Gasteiger partial charge in [-0.15, -0.1) is 0 Å². The number of carboxylic acid groups (broad SMARTS) is 1. The molecule has 9 heteroatoms. The van der Waals surface area contributed by atoms with Crippen LogP contribution in [0.1, 0.15) is 77.2 Å². The van der Waals surface area contributed by atoms with Crippen molar-refractivity contribution in [2.75, 3.05) is 6.54 Å². The predicted octanol–water partition coefficient (Wildman–Crippen LogP) is 4.27. The van der Waals surface area contributed by atoms with Gasteiger partial charge in [0.05, 0.1) is 17.6 Å². The summed E-state index contributed by atoms with van der Waals surface area (Å²) >= 11 is 0. The second kappa shape index (κ2) is 10.1. The highest BCUT2D eigenvalue weighted by Gasteiger charge is 2.52. The standard InChI is InChI=1S/C24H34BNO7/c1-22(2,3)31-21(30)26-15-18(25-32-23(4,5)24(6,7)33-25)14-16-8-10-17(11-9-16)19(27)12-13-20(28)29/h8-11,14H,12-13,15H2,1-7H3,(H,26,30)(H,28,29). The van der Waals surface area contributed by atoms with Crippen molar-refractivity contribution >= 4 is 31.0 Å². The fourth-order valence-corrected chi connectivity index (χ4v) is 3.03. The van der Waals surface area contributed by atoms with E-state index in [0.29, 0.717) is 11.0 Å². The summed E-state index contributed by atoms with van der Waals surface area (Å²) in [7, 11) is -0.679. The predicted molar refractivity (Wildman–Crippen MR) is 126 cm³/mol. The topological polar surface area (TPSA) is 111 Å². The largest absolute Gasteiger partial charge is 0.492 e. The molecule has 1 heterocycles. The fourth-order valence-electron chi connectivity index (χ4n) is 3.03. The third-order valence-electron chi connectivity index (χ3n) is 5.54. The number of rotatable bonds is 8. The quantitative estimate of drug-likeness (QED) is 0.441. The van der Waals surface area contributed by atoms with Crippen LogP contribution in [0.4, 0.5) is 4.79 Å². The molecule has 1 amide bonds. The summed E-state index contributed by atoms with van der Waals surface area (Å²) in [5.74, 6) is -1.24. The number of ether oxygens (including phenoxy) is 1. The number of benzene rings is 1. The van der Waals surface area contributed by atoms with Gasteiger partial charge in [-0.25, -0.2) is 4.79 Å². The summed E-state index contributed by atoms with van der Waals surface area (Å²) in [6.45, 7) is 13.3. The first-order valence-electron chi connectivity index (χ1n) is 11.0. The van der Waals surface area contributed by atoms with Gasteiger partial charge in [-0.1, -0.05) is 30.3 Å². The minimum atomic E-state index is -1.01. The monoisotopic (exact) mass is 459 g/mol. The molecule has 0 atom stereocenters. The van der Waals surface area contributed by atoms with Crippen molar-refractivity contribution in [1.29, 1.82) is 0 Å². The summed E-state index contributed by atoms with van der Waals surface area (Å²) in [5, 5.41) is 11.5. The van der Waals surface area contributed by atoms with Crippen LogP contribution >= 0.6 is 0 Å². The summed E-state index contributed by atoms with van der Waals surface area (Å²) in [6, 6.07) is 6.82. The van der Waals surface area contributed by atoms with E-state index in [2.05, 4.69) is 5.32 Å². The Bertz CT molecular complexity index is 898. The second-order valence-electron chi connectivity index (χ2n) is 10.1. The number of nitrogens with one attached hydrogen (secondary N) is 1. The van der Waals surface area contributed by atoms with Crippen LogP contribution in [0.15, 0.2) is 29.7 Å². The van der Waals surface area contributed by atoms with Crippen LogP contribution in [0.25, 0.3) is 6.08 Å². The molecule has 0 saturated carbocycles. The van der Waals surface area contributed by atoms with Crippen LogP contribution in [-0.2, 0) is 18.8 Å². The molecule has 2 N–H and O–H groups in total. The number of hydrogen-bond donors (Lipinski definition) is 2. The van der Waals surface area contributed by atoms with Crippen molar-refractivity contribution < 1.29 is 33.5 Å². The van der Waals surface area contributed by atoms with E-state index in [4.69, 9.17) is 19.2 Å². The molecule has 1 aromatic carbocycles. The number of alkyl carbamates (subject to hydrolysis) is 1. The Hall–Kier alpha value is -2.65.